The Morgan fingerprint density at radius 1 is 1.23 bits per heavy atom. The van der Waals surface area contributed by atoms with Gasteiger partial charge in [-0.05, 0) is 37.8 Å². The van der Waals surface area contributed by atoms with Crippen molar-refractivity contribution in [2.45, 2.75) is 33.6 Å². The number of carboxylic acids is 1. The van der Waals surface area contributed by atoms with E-state index < -0.39 is 5.97 Å². The van der Waals surface area contributed by atoms with Crippen LogP contribution in [0.15, 0.2) is 30.3 Å². The van der Waals surface area contributed by atoms with Crippen LogP contribution < -0.4 is 0 Å². The fourth-order valence-electron chi connectivity index (χ4n) is 3.16. The van der Waals surface area contributed by atoms with Crippen molar-refractivity contribution in [2.75, 3.05) is 13.1 Å². The third-order valence-corrected chi connectivity index (χ3v) is 4.74. The Hall–Kier alpha value is -2.63. The molecule has 6 heteroatoms. The van der Waals surface area contributed by atoms with Gasteiger partial charge in [0.15, 0.2) is 0 Å². The Labute approximate surface area is 154 Å². The Morgan fingerprint density at radius 3 is 2.42 bits per heavy atom. The number of rotatable bonds is 8. The molecule has 1 N–H and O–H groups in total. The molecule has 1 aromatic heterocycles. The molecule has 1 aromatic carbocycles. The molecule has 2 aromatic rings. The maximum Gasteiger partial charge on any atom is 0.323 e. The molecule has 0 fully saturated rings. The van der Waals surface area contributed by atoms with E-state index in [9.17, 15) is 14.7 Å². The van der Waals surface area contributed by atoms with Crippen molar-refractivity contribution in [2.24, 2.45) is 13.0 Å². The van der Waals surface area contributed by atoms with Crippen molar-refractivity contribution in [1.29, 1.82) is 0 Å². The average molecular weight is 357 g/mol. The number of hydrogen-bond acceptors (Lipinski definition) is 3. The summed E-state index contributed by atoms with van der Waals surface area (Å²) in [6.45, 7) is 5.89. The molecule has 140 valence electrons. The largest absolute Gasteiger partial charge is 0.480 e. The third kappa shape index (κ3) is 4.94. The Morgan fingerprint density at radius 2 is 1.88 bits per heavy atom. The van der Waals surface area contributed by atoms with Crippen molar-refractivity contribution < 1.29 is 14.7 Å². The van der Waals surface area contributed by atoms with Crippen LogP contribution in [0.4, 0.5) is 0 Å². The zero-order valence-corrected chi connectivity index (χ0v) is 15.9. The highest BCUT2D eigenvalue weighted by molar-refractivity contribution is 5.83. The van der Waals surface area contributed by atoms with Gasteiger partial charge >= 0.3 is 5.97 Å². The number of carbonyl (C=O) groups is 2. The van der Waals surface area contributed by atoms with Gasteiger partial charge in [0.1, 0.15) is 6.54 Å². The molecular formula is C20H27N3O3. The molecule has 1 amide bonds. The quantitative estimate of drug-likeness (QED) is 0.787. The summed E-state index contributed by atoms with van der Waals surface area (Å²) in [7, 11) is 1.88. The number of amides is 1. The minimum absolute atomic E-state index is 0.133. The van der Waals surface area contributed by atoms with Gasteiger partial charge in [0.2, 0.25) is 5.91 Å². The van der Waals surface area contributed by atoms with Crippen LogP contribution in [-0.2, 0) is 29.5 Å². The lowest BCUT2D eigenvalue weighted by Gasteiger charge is -2.24. The lowest BCUT2D eigenvalue weighted by molar-refractivity contribution is -0.146. The number of hydrogen-bond donors (Lipinski definition) is 1. The van der Waals surface area contributed by atoms with Crippen molar-refractivity contribution in [3.05, 3.63) is 52.8 Å². The van der Waals surface area contributed by atoms with Crippen LogP contribution in [0, 0.1) is 19.8 Å². The number of benzene rings is 1. The first-order valence-corrected chi connectivity index (χ1v) is 8.83. The molecular weight excluding hydrogens is 330 g/mol. The molecule has 1 heterocycles. The summed E-state index contributed by atoms with van der Waals surface area (Å²) in [4.78, 5) is 25.5. The van der Waals surface area contributed by atoms with Gasteiger partial charge in [-0.1, -0.05) is 37.3 Å². The molecule has 26 heavy (non-hydrogen) atoms. The molecule has 1 unspecified atom stereocenters. The lowest BCUT2D eigenvalue weighted by Crippen LogP contribution is -2.40. The summed E-state index contributed by atoms with van der Waals surface area (Å²) in [6, 6.07) is 9.78. The standard InChI is InChI=1S/C20H27N3O3/c1-14(12-18-15(2)21-22(4)16(18)3)20(26)23(13-19(24)25)11-10-17-8-6-5-7-9-17/h5-9,14H,10-13H2,1-4H3,(H,24,25). The number of aromatic nitrogens is 2. The highest BCUT2D eigenvalue weighted by Crippen LogP contribution is 2.18. The van der Waals surface area contributed by atoms with E-state index in [1.54, 1.807) is 0 Å². The monoisotopic (exact) mass is 357 g/mol. The van der Waals surface area contributed by atoms with Crippen molar-refractivity contribution in [1.82, 2.24) is 14.7 Å². The molecule has 0 spiro atoms. The van der Waals surface area contributed by atoms with E-state index in [4.69, 9.17) is 0 Å². The maximum atomic E-state index is 12.9. The van der Waals surface area contributed by atoms with E-state index in [1.165, 1.54) is 4.90 Å². The van der Waals surface area contributed by atoms with Gasteiger partial charge in [-0.15, -0.1) is 0 Å². The van der Waals surface area contributed by atoms with E-state index in [2.05, 4.69) is 5.10 Å². The summed E-state index contributed by atoms with van der Waals surface area (Å²) < 4.78 is 1.81. The van der Waals surface area contributed by atoms with Gasteiger partial charge < -0.3 is 10.0 Å². The fourth-order valence-corrected chi connectivity index (χ4v) is 3.16. The average Bonchev–Trinajstić information content (AvgIpc) is 2.84. The summed E-state index contributed by atoms with van der Waals surface area (Å²) in [5, 5.41) is 13.6. The van der Waals surface area contributed by atoms with Crippen LogP contribution in [0.25, 0.3) is 0 Å². The number of carboxylic acid groups (broad SMARTS) is 1. The molecule has 6 nitrogen and oxygen atoms in total. The van der Waals surface area contributed by atoms with Crippen LogP contribution in [0.1, 0.15) is 29.4 Å². The van der Waals surface area contributed by atoms with Crippen LogP contribution in [-0.4, -0.2) is 44.8 Å². The maximum absolute atomic E-state index is 12.9. The summed E-state index contributed by atoms with van der Waals surface area (Å²) in [5.41, 5.74) is 4.10. The molecule has 0 aliphatic rings. The molecule has 0 radical (unpaired) electrons. The highest BCUT2D eigenvalue weighted by Gasteiger charge is 2.24. The number of aryl methyl sites for hydroxylation is 2. The van der Waals surface area contributed by atoms with E-state index >= 15 is 0 Å². The van der Waals surface area contributed by atoms with Gasteiger partial charge in [-0.2, -0.15) is 5.10 Å². The topological polar surface area (TPSA) is 75.4 Å². The molecule has 0 bridgehead atoms. The Balaban J connectivity index is 2.08. The second-order valence-corrected chi connectivity index (χ2v) is 6.77. The minimum atomic E-state index is -0.993. The summed E-state index contributed by atoms with van der Waals surface area (Å²) in [5.74, 6) is -1.43. The van der Waals surface area contributed by atoms with E-state index in [1.807, 2.05) is 62.8 Å². The predicted molar refractivity (Wildman–Crippen MR) is 99.9 cm³/mol. The van der Waals surface area contributed by atoms with E-state index in [0.717, 1.165) is 22.5 Å². The first-order chi connectivity index (χ1) is 12.3. The zero-order chi connectivity index (χ0) is 19.3. The zero-order valence-electron chi connectivity index (χ0n) is 15.9. The van der Waals surface area contributed by atoms with Crippen molar-refractivity contribution in [3.63, 3.8) is 0 Å². The predicted octanol–water partition coefficient (Wildman–Crippen LogP) is 2.37. The fraction of sp³-hybridized carbons (Fsp3) is 0.450. The molecule has 0 saturated heterocycles. The Kier molecular flexibility index (Phi) is 6.55. The summed E-state index contributed by atoms with van der Waals surface area (Å²) >= 11 is 0. The molecule has 0 aliphatic carbocycles. The molecule has 2 rings (SSSR count). The smallest absolute Gasteiger partial charge is 0.323 e. The second kappa shape index (κ2) is 8.65. The van der Waals surface area contributed by atoms with Gasteiger partial charge in [-0.3, -0.25) is 14.3 Å². The molecule has 1 atom stereocenters. The number of aliphatic carboxylic acids is 1. The normalized spacial score (nSPS) is 12.0. The Bertz CT molecular complexity index is 768. The highest BCUT2D eigenvalue weighted by atomic mass is 16.4. The SMILES string of the molecule is Cc1nn(C)c(C)c1CC(C)C(=O)N(CCc1ccccc1)CC(=O)O. The minimum Gasteiger partial charge on any atom is -0.480 e. The molecule has 0 aliphatic heterocycles. The van der Waals surface area contributed by atoms with Crippen LogP contribution in [0.3, 0.4) is 0 Å². The first-order valence-electron chi connectivity index (χ1n) is 8.83. The van der Waals surface area contributed by atoms with Crippen LogP contribution in [0.5, 0.6) is 0 Å². The van der Waals surface area contributed by atoms with Gasteiger partial charge in [0.05, 0.1) is 5.69 Å². The number of nitrogens with zero attached hydrogens (tertiary/aromatic N) is 3. The van der Waals surface area contributed by atoms with Gasteiger partial charge in [0, 0.05) is 25.2 Å². The van der Waals surface area contributed by atoms with E-state index in [-0.39, 0.29) is 18.4 Å². The van der Waals surface area contributed by atoms with Crippen LogP contribution in [0.2, 0.25) is 0 Å². The van der Waals surface area contributed by atoms with Crippen molar-refractivity contribution >= 4 is 11.9 Å². The van der Waals surface area contributed by atoms with Crippen LogP contribution >= 0.6 is 0 Å². The lowest BCUT2D eigenvalue weighted by atomic mass is 9.98. The van der Waals surface area contributed by atoms with E-state index in [0.29, 0.717) is 19.4 Å². The summed E-state index contributed by atoms with van der Waals surface area (Å²) in [6.07, 6.45) is 1.20. The first kappa shape index (κ1) is 19.7. The van der Waals surface area contributed by atoms with Gasteiger partial charge in [-0.25, -0.2) is 0 Å². The molecule has 0 saturated carbocycles. The number of carbonyl (C=O) groups excluding carboxylic acids is 1. The van der Waals surface area contributed by atoms with Crippen molar-refractivity contribution in [3.8, 4) is 0 Å². The second-order valence-electron chi connectivity index (χ2n) is 6.77. The van der Waals surface area contributed by atoms with Gasteiger partial charge in [0.25, 0.3) is 0 Å². The third-order valence-electron chi connectivity index (χ3n) is 4.74.